The van der Waals surface area contributed by atoms with Crippen LogP contribution in [0.25, 0.3) is 0 Å². The van der Waals surface area contributed by atoms with Crippen LogP contribution in [0, 0.1) is 5.41 Å². The molecular formula is C15H24O2. The van der Waals surface area contributed by atoms with E-state index in [0.717, 1.165) is 12.8 Å². The fourth-order valence-corrected chi connectivity index (χ4v) is 1.96. The Balaban J connectivity index is 2.80. The predicted octanol–water partition coefficient (Wildman–Crippen LogP) is 2.73. The van der Waals surface area contributed by atoms with Crippen molar-refractivity contribution in [2.75, 3.05) is 13.2 Å². The quantitative estimate of drug-likeness (QED) is 0.797. The molecule has 1 rings (SSSR count). The van der Waals surface area contributed by atoms with E-state index < -0.39 is 0 Å². The molecule has 2 N–H and O–H groups in total. The molecule has 0 bridgehead atoms. The first-order valence-corrected chi connectivity index (χ1v) is 6.37. The van der Waals surface area contributed by atoms with Gasteiger partial charge in [-0.15, -0.1) is 0 Å². The minimum atomic E-state index is -0.376. The van der Waals surface area contributed by atoms with Crippen molar-refractivity contribution in [2.24, 2.45) is 5.41 Å². The topological polar surface area (TPSA) is 40.5 Å². The van der Waals surface area contributed by atoms with Crippen LogP contribution in [-0.4, -0.2) is 23.4 Å². The fraction of sp³-hybridized carbons (Fsp3) is 0.600. The highest BCUT2D eigenvalue weighted by Gasteiger charge is 2.26. The zero-order valence-electron chi connectivity index (χ0n) is 11.1. The van der Waals surface area contributed by atoms with Gasteiger partial charge >= 0.3 is 0 Å². The van der Waals surface area contributed by atoms with Crippen molar-refractivity contribution in [1.29, 1.82) is 0 Å². The summed E-state index contributed by atoms with van der Waals surface area (Å²) < 4.78 is 0. The van der Waals surface area contributed by atoms with E-state index in [1.165, 1.54) is 11.1 Å². The predicted molar refractivity (Wildman–Crippen MR) is 71.1 cm³/mol. The molecule has 0 aliphatic carbocycles. The van der Waals surface area contributed by atoms with Crippen molar-refractivity contribution < 1.29 is 10.2 Å². The van der Waals surface area contributed by atoms with E-state index in [2.05, 4.69) is 38.1 Å². The van der Waals surface area contributed by atoms with Gasteiger partial charge in [-0.3, -0.25) is 0 Å². The smallest absolute Gasteiger partial charge is 0.0512 e. The lowest BCUT2D eigenvalue weighted by molar-refractivity contribution is 0.0514. The van der Waals surface area contributed by atoms with E-state index in [9.17, 15) is 10.2 Å². The summed E-state index contributed by atoms with van der Waals surface area (Å²) in [6.07, 6.45) is 1.51. The van der Waals surface area contributed by atoms with Gasteiger partial charge in [-0.05, 0) is 29.9 Å². The van der Waals surface area contributed by atoms with Gasteiger partial charge in [-0.1, -0.05) is 45.0 Å². The van der Waals surface area contributed by atoms with Crippen LogP contribution < -0.4 is 0 Å². The normalized spacial score (nSPS) is 12.1. The first-order valence-electron chi connectivity index (χ1n) is 6.37. The van der Waals surface area contributed by atoms with E-state index in [-0.39, 0.29) is 18.6 Å². The number of aliphatic hydroxyl groups excluding tert-OH is 2. The van der Waals surface area contributed by atoms with Gasteiger partial charge in [0.05, 0.1) is 13.2 Å². The molecule has 2 heteroatoms. The molecule has 1 aromatic carbocycles. The molecule has 0 heterocycles. The van der Waals surface area contributed by atoms with Gasteiger partial charge in [0.1, 0.15) is 0 Å². The maximum absolute atomic E-state index is 9.42. The maximum atomic E-state index is 9.42. The summed E-state index contributed by atoms with van der Waals surface area (Å²) in [5, 5.41) is 18.8. The first-order chi connectivity index (χ1) is 8.06. The Hall–Kier alpha value is -0.860. The molecule has 0 atom stereocenters. The van der Waals surface area contributed by atoms with E-state index in [1.807, 2.05) is 6.92 Å². The molecule has 0 spiro atoms. The summed E-state index contributed by atoms with van der Waals surface area (Å²) in [5.41, 5.74) is 2.13. The van der Waals surface area contributed by atoms with Crippen molar-refractivity contribution in [3.05, 3.63) is 35.4 Å². The van der Waals surface area contributed by atoms with Crippen molar-refractivity contribution in [3.8, 4) is 0 Å². The molecule has 2 nitrogen and oxygen atoms in total. The zero-order valence-corrected chi connectivity index (χ0v) is 11.1. The van der Waals surface area contributed by atoms with Crippen LogP contribution in [-0.2, 0) is 6.42 Å². The minimum Gasteiger partial charge on any atom is -0.396 e. The van der Waals surface area contributed by atoms with Crippen LogP contribution in [0.1, 0.15) is 44.2 Å². The fourth-order valence-electron chi connectivity index (χ4n) is 1.96. The molecule has 17 heavy (non-hydrogen) atoms. The molecule has 0 amide bonds. The molecule has 0 aliphatic rings. The van der Waals surface area contributed by atoms with Gasteiger partial charge in [-0.25, -0.2) is 0 Å². The third-order valence-electron chi connectivity index (χ3n) is 3.65. The number of aliphatic hydroxyl groups is 2. The monoisotopic (exact) mass is 236 g/mol. The van der Waals surface area contributed by atoms with Gasteiger partial charge in [0.15, 0.2) is 0 Å². The first kappa shape index (κ1) is 14.2. The number of benzene rings is 1. The van der Waals surface area contributed by atoms with Crippen LogP contribution in [0.4, 0.5) is 0 Å². The molecule has 96 valence electrons. The number of hydrogen-bond donors (Lipinski definition) is 2. The Labute approximate surface area is 104 Å². The summed E-state index contributed by atoms with van der Waals surface area (Å²) in [7, 11) is 0. The summed E-state index contributed by atoms with van der Waals surface area (Å²) in [6.45, 7) is 6.42. The molecule has 0 saturated heterocycles. The molecule has 0 aromatic heterocycles. The Kier molecular flexibility index (Phi) is 5.16. The second-order valence-corrected chi connectivity index (χ2v) is 5.24. The molecule has 0 radical (unpaired) electrons. The zero-order chi connectivity index (χ0) is 12.9. The van der Waals surface area contributed by atoms with Crippen LogP contribution in [0.2, 0.25) is 0 Å². The van der Waals surface area contributed by atoms with Gasteiger partial charge in [0, 0.05) is 5.41 Å². The summed E-state index contributed by atoms with van der Waals surface area (Å²) >= 11 is 0. The van der Waals surface area contributed by atoms with Gasteiger partial charge in [0.2, 0.25) is 0 Å². The SMILES string of the molecule is CCC(CO)(CO)Cc1ccc(C(C)C)cc1. The molecule has 0 fully saturated rings. The van der Waals surface area contributed by atoms with Crippen molar-refractivity contribution in [1.82, 2.24) is 0 Å². The molecule has 0 unspecified atom stereocenters. The third-order valence-corrected chi connectivity index (χ3v) is 3.65. The average molecular weight is 236 g/mol. The third kappa shape index (κ3) is 3.55. The highest BCUT2D eigenvalue weighted by atomic mass is 16.3. The highest BCUT2D eigenvalue weighted by Crippen LogP contribution is 2.26. The second kappa shape index (κ2) is 6.18. The summed E-state index contributed by atoms with van der Waals surface area (Å²) in [4.78, 5) is 0. The Morgan fingerprint density at radius 2 is 1.59 bits per heavy atom. The van der Waals surface area contributed by atoms with Crippen molar-refractivity contribution in [3.63, 3.8) is 0 Å². The van der Waals surface area contributed by atoms with Crippen LogP contribution >= 0.6 is 0 Å². The van der Waals surface area contributed by atoms with Crippen molar-refractivity contribution in [2.45, 2.75) is 39.5 Å². The van der Waals surface area contributed by atoms with E-state index in [0.29, 0.717) is 5.92 Å². The molecule has 0 saturated carbocycles. The second-order valence-electron chi connectivity index (χ2n) is 5.24. The summed E-state index contributed by atoms with van der Waals surface area (Å²) in [6, 6.07) is 8.47. The van der Waals surface area contributed by atoms with Crippen LogP contribution in [0.15, 0.2) is 24.3 Å². The lowest BCUT2D eigenvalue weighted by Gasteiger charge is -2.28. The Morgan fingerprint density at radius 1 is 1.06 bits per heavy atom. The number of hydrogen-bond acceptors (Lipinski definition) is 2. The molecule has 1 aromatic rings. The highest BCUT2D eigenvalue weighted by molar-refractivity contribution is 5.25. The Bertz CT molecular complexity index is 315. The van der Waals surface area contributed by atoms with E-state index >= 15 is 0 Å². The maximum Gasteiger partial charge on any atom is 0.0512 e. The van der Waals surface area contributed by atoms with Crippen LogP contribution in [0.3, 0.4) is 0 Å². The largest absolute Gasteiger partial charge is 0.396 e. The Morgan fingerprint density at radius 3 is 1.94 bits per heavy atom. The van der Waals surface area contributed by atoms with E-state index in [1.54, 1.807) is 0 Å². The van der Waals surface area contributed by atoms with Gasteiger partial charge in [0.25, 0.3) is 0 Å². The average Bonchev–Trinajstić information content (AvgIpc) is 2.37. The van der Waals surface area contributed by atoms with Gasteiger partial charge < -0.3 is 10.2 Å². The minimum absolute atomic E-state index is 0.0337. The lowest BCUT2D eigenvalue weighted by atomic mass is 9.80. The lowest BCUT2D eigenvalue weighted by Crippen LogP contribution is -2.31. The molecular weight excluding hydrogens is 212 g/mol. The van der Waals surface area contributed by atoms with Gasteiger partial charge in [-0.2, -0.15) is 0 Å². The number of rotatable bonds is 6. The molecule has 0 aliphatic heterocycles. The van der Waals surface area contributed by atoms with Crippen LogP contribution in [0.5, 0.6) is 0 Å². The summed E-state index contributed by atoms with van der Waals surface area (Å²) in [5.74, 6) is 0.538. The van der Waals surface area contributed by atoms with E-state index in [4.69, 9.17) is 0 Å². The standard InChI is InChI=1S/C15H24O2/c1-4-15(10-16,11-17)9-13-5-7-14(8-6-13)12(2)3/h5-8,12,16-17H,4,9-11H2,1-3H3. The van der Waals surface area contributed by atoms with Crippen molar-refractivity contribution >= 4 is 0 Å².